The third kappa shape index (κ3) is 3.11. The standard InChI is InChI=1S/C10H20O2/c1-3-5-6-9-7-10(11-4-2)12-8-9/h9-10H,3-8H2,1-2H3/t9-,10-/m0/s1. The van der Waals surface area contributed by atoms with Gasteiger partial charge in [0.1, 0.15) is 0 Å². The van der Waals surface area contributed by atoms with Crippen molar-refractivity contribution in [1.82, 2.24) is 0 Å². The molecular weight excluding hydrogens is 152 g/mol. The lowest BCUT2D eigenvalue weighted by Gasteiger charge is -2.08. The molecule has 1 saturated heterocycles. The van der Waals surface area contributed by atoms with Crippen LogP contribution in [-0.2, 0) is 9.47 Å². The Morgan fingerprint density at radius 2 is 2.25 bits per heavy atom. The lowest BCUT2D eigenvalue weighted by atomic mass is 10.0. The van der Waals surface area contributed by atoms with Crippen LogP contribution in [0.15, 0.2) is 0 Å². The van der Waals surface area contributed by atoms with Gasteiger partial charge in [0, 0.05) is 13.0 Å². The number of rotatable bonds is 5. The minimum atomic E-state index is 0.0943. The highest BCUT2D eigenvalue weighted by Crippen LogP contribution is 2.24. The van der Waals surface area contributed by atoms with Gasteiger partial charge in [-0.05, 0) is 19.3 Å². The van der Waals surface area contributed by atoms with Crippen LogP contribution in [0, 0.1) is 5.92 Å². The molecule has 0 radical (unpaired) electrons. The first-order chi connectivity index (χ1) is 5.86. The SMILES string of the molecule is CCCC[C@@H]1CO[C@H](OCC)C1. The molecule has 0 unspecified atom stereocenters. The van der Waals surface area contributed by atoms with Crippen LogP contribution in [0.4, 0.5) is 0 Å². The van der Waals surface area contributed by atoms with Crippen LogP contribution in [0.3, 0.4) is 0 Å². The molecule has 0 aromatic carbocycles. The van der Waals surface area contributed by atoms with Gasteiger partial charge in [-0.3, -0.25) is 0 Å². The molecule has 1 aliphatic heterocycles. The summed E-state index contributed by atoms with van der Waals surface area (Å²) in [5, 5.41) is 0. The van der Waals surface area contributed by atoms with E-state index in [4.69, 9.17) is 9.47 Å². The number of ether oxygens (including phenoxy) is 2. The average molecular weight is 172 g/mol. The van der Waals surface area contributed by atoms with E-state index >= 15 is 0 Å². The van der Waals surface area contributed by atoms with Gasteiger partial charge in [-0.2, -0.15) is 0 Å². The highest BCUT2D eigenvalue weighted by atomic mass is 16.7. The van der Waals surface area contributed by atoms with Gasteiger partial charge in [0.25, 0.3) is 0 Å². The number of hydrogen-bond acceptors (Lipinski definition) is 2. The fraction of sp³-hybridized carbons (Fsp3) is 1.00. The van der Waals surface area contributed by atoms with E-state index in [1.807, 2.05) is 6.92 Å². The van der Waals surface area contributed by atoms with Crippen molar-refractivity contribution in [2.45, 2.75) is 45.8 Å². The van der Waals surface area contributed by atoms with Crippen molar-refractivity contribution in [2.75, 3.05) is 13.2 Å². The summed E-state index contributed by atoms with van der Waals surface area (Å²) in [7, 11) is 0. The van der Waals surface area contributed by atoms with Gasteiger partial charge in [0.15, 0.2) is 6.29 Å². The van der Waals surface area contributed by atoms with E-state index in [-0.39, 0.29) is 6.29 Å². The topological polar surface area (TPSA) is 18.5 Å². The largest absolute Gasteiger partial charge is 0.353 e. The molecule has 0 spiro atoms. The van der Waals surface area contributed by atoms with Crippen molar-refractivity contribution in [3.8, 4) is 0 Å². The van der Waals surface area contributed by atoms with E-state index in [2.05, 4.69) is 6.92 Å². The zero-order valence-corrected chi connectivity index (χ0v) is 8.21. The van der Waals surface area contributed by atoms with Crippen molar-refractivity contribution >= 4 is 0 Å². The van der Waals surface area contributed by atoms with Crippen LogP contribution in [0.5, 0.6) is 0 Å². The van der Waals surface area contributed by atoms with Crippen LogP contribution in [0.1, 0.15) is 39.5 Å². The van der Waals surface area contributed by atoms with Gasteiger partial charge in [-0.15, -0.1) is 0 Å². The van der Waals surface area contributed by atoms with Gasteiger partial charge in [0.2, 0.25) is 0 Å². The Hall–Kier alpha value is -0.0800. The monoisotopic (exact) mass is 172 g/mol. The molecule has 1 aliphatic rings. The fourth-order valence-electron chi connectivity index (χ4n) is 1.65. The maximum absolute atomic E-state index is 5.48. The predicted molar refractivity (Wildman–Crippen MR) is 49.0 cm³/mol. The van der Waals surface area contributed by atoms with Crippen LogP contribution < -0.4 is 0 Å². The molecule has 12 heavy (non-hydrogen) atoms. The summed E-state index contributed by atoms with van der Waals surface area (Å²) in [5.74, 6) is 0.751. The van der Waals surface area contributed by atoms with Crippen molar-refractivity contribution in [3.63, 3.8) is 0 Å². The quantitative estimate of drug-likeness (QED) is 0.634. The normalized spacial score (nSPS) is 29.5. The third-order valence-electron chi connectivity index (χ3n) is 2.36. The Kier molecular flexibility index (Phi) is 4.62. The summed E-state index contributed by atoms with van der Waals surface area (Å²) in [6.07, 6.45) is 5.12. The zero-order valence-electron chi connectivity index (χ0n) is 8.21. The molecule has 2 nitrogen and oxygen atoms in total. The molecule has 2 atom stereocenters. The van der Waals surface area contributed by atoms with Crippen molar-refractivity contribution in [2.24, 2.45) is 5.92 Å². The maximum atomic E-state index is 5.48. The van der Waals surface area contributed by atoms with E-state index in [9.17, 15) is 0 Å². The molecule has 72 valence electrons. The summed E-state index contributed by atoms with van der Waals surface area (Å²) in [4.78, 5) is 0. The van der Waals surface area contributed by atoms with Gasteiger partial charge >= 0.3 is 0 Å². The second kappa shape index (κ2) is 5.55. The first kappa shape index (κ1) is 10.0. The van der Waals surface area contributed by atoms with Gasteiger partial charge in [0.05, 0.1) is 6.61 Å². The van der Waals surface area contributed by atoms with Gasteiger partial charge in [-0.25, -0.2) is 0 Å². The summed E-state index contributed by atoms with van der Waals surface area (Å²) in [5.41, 5.74) is 0. The predicted octanol–water partition coefficient (Wildman–Crippen LogP) is 2.58. The van der Waals surface area contributed by atoms with Gasteiger partial charge in [-0.1, -0.05) is 19.8 Å². The first-order valence-electron chi connectivity index (χ1n) is 5.10. The lowest BCUT2D eigenvalue weighted by Crippen LogP contribution is -2.09. The zero-order chi connectivity index (χ0) is 8.81. The van der Waals surface area contributed by atoms with E-state index in [1.165, 1.54) is 19.3 Å². The summed E-state index contributed by atoms with van der Waals surface area (Å²) < 4.78 is 10.9. The second-order valence-electron chi connectivity index (χ2n) is 3.46. The Balaban J connectivity index is 2.08. The second-order valence-corrected chi connectivity index (χ2v) is 3.46. The van der Waals surface area contributed by atoms with Crippen molar-refractivity contribution in [3.05, 3.63) is 0 Å². The summed E-state index contributed by atoms with van der Waals surface area (Å²) >= 11 is 0. The maximum Gasteiger partial charge on any atom is 0.157 e. The van der Waals surface area contributed by atoms with E-state index in [0.717, 1.165) is 25.6 Å². The molecule has 1 rings (SSSR count). The molecule has 2 heteroatoms. The number of hydrogen-bond donors (Lipinski definition) is 0. The van der Waals surface area contributed by atoms with Gasteiger partial charge < -0.3 is 9.47 Å². The fourth-order valence-corrected chi connectivity index (χ4v) is 1.65. The van der Waals surface area contributed by atoms with Crippen molar-refractivity contribution < 1.29 is 9.47 Å². The summed E-state index contributed by atoms with van der Waals surface area (Å²) in [6, 6.07) is 0. The van der Waals surface area contributed by atoms with Crippen LogP contribution >= 0.6 is 0 Å². The molecule has 0 N–H and O–H groups in total. The van der Waals surface area contributed by atoms with Crippen LogP contribution in [-0.4, -0.2) is 19.5 Å². The molecule has 1 fully saturated rings. The Morgan fingerprint density at radius 3 is 2.92 bits per heavy atom. The van der Waals surface area contributed by atoms with E-state index in [0.29, 0.717) is 0 Å². The molecule has 0 bridgehead atoms. The molecule has 0 aromatic heterocycles. The minimum absolute atomic E-state index is 0.0943. The molecule has 0 saturated carbocycles. The summed E-state index contributed by atoms with van der Waals surface area (Å²) in [6.45, 7) is 5.92. The van der Waals surface area contributed by atoms with Crippen LogP contribution in [0.2, 0.25) is 0 Å². The highest BCUT2D eigenvalue weighted by Gasteiger charge is 2.24. The molecule has 1 heterocycles. The molecule has 0 aliphatic carbocycles. The average Bonchev–Trinajstić information content (AvgIpc) is 2.50. The smallest absolute Gasteiger partial charge is 0.157 e. The highest BCUT2D eigenvalue weighted by molar-refractivity contribution is 4.67. The first-order valence-corrected chi connectivity index (χ1v) is 5.10. The lowest BCUT2D eigenvalue weighted by molar-refractivity contribution is -0.106. The molecule has 0 amide bonds. The van der Waals surface area contributed by atoms with Crippen molar-refractivity contribution in [1.29, 1.82) is 0 Å². The van der Waals surface area contributed by atoms with E-state index in [1.54, 1.807) is 0 Å². The van der Waals surface area contributed by atoms with E-state index < -0.39 is 0 Å². The molecule has 0 aromatic rings. The van der Waals surface area contributed by atoms with Crippen LogP contribution in [0.25, 0.3) is 0 Å². The Labute approximate surface area is 75.2 Å². The molecular formula is C10H20O2. The number of unbranched alkanes of at least 4 members (excludes halogenated alkanes) is 1. The Morgan fingerprint density at radius 1 is 1.42 bits per heavy atom. The minimum Gasteiger partial charge on any atom is -0.353 e. The Bertz CT molecular complexity index is 114. The third-order valence-corrected chi connectivity index (χ3v) is 2.36.